The van der Waals surface area contributed by atoms with Crippen LogP contribution >= 0.6 is 0 Å². The van der Waals surface area contributed by atoms with Gasteiger partial charge in [0.25, 0.3) is 0 Å². The van der Waals surface area contributed by atoms with Crippen LogP contribution in [0.2, 0.25) is 0 Å². The lowest BCUT2D eigenvalue weighted by Gasteiger charge is -2.36. The standard InChI is InChI=1S/C22H25N3O2/c1-2-17-8-6-7-11-19(17)23-21(26)25-14-12-22(13-15-25)16-20(24-27-22)18-9-4-3-5-10-18/h3-11,16,24H,2,12-15H2,1H3,(H,23,26). The van der Waals surface area contributed by atoms with Gasteiger partial charge in [-0.15, -0.1) is 0 Å². The van der Waals surface area contributed by atoms with Gasteiger partial charge in [-0.2, -0.15) is 0 Å². The van der Waals surface area contributed by atoms with Crippen LogP contribution in [0.4, 0.5) is 10.5 Å². The number of carbonyl (C=O) groups is 1. The number of rotatable bonds is 3. The van der Waals surface area contributed by atoms with E-state index in [9.17, 15) is 4.79 Å². The lowest BCUT2D eigenvalue weighted by molar-refractivity contribution is -0.0634. The highest BCUT2D eigenvalue weighted by molar-refractivity contribution is 5.90. The Kier molecular flexibility index (Phi) is 4.86. The van der Waals surface area contributed by atoms with Crippen molar-refractivity contribution in [2.45, 2.75) is 31.8 Å². The van der Waals surface area contributed by atoms with Crippen molar-refractivity contribution in [3.63, 3.8) is 0 Å². The average Bonchev–Trinajstić information content (AvgIpc) is 3.13. The Bertz CT molecular complexity index is 840. The van der Waals surface area contributed by atoms with Crippen molar-refractivity contribution in [3.05, 3.63) is 71.8 Å². The van der Waals surface area contributed by atoms with Crippen molar-refractivity contribution in [2.75, 3.05) is 18.4 Å². The maximum absolute atomic E-state index is 12.7. The van der Waals surface area contributed by atoms with Crippen molar-refractivity contribution >= 4 is 17.4 Å². The van der Waals surface area contributed by atoms with Crippen LogP contribution in [0.1, 0.15) is 30.9 Å². The van der Waals surface area contributed by atoms with Gasteiger partial charge in [-0.05, 0) is 29.7 Å². The van der Waals surface area contributed by atoms with E-state index in [1.807, 2.05) is 41.3 Å². The quantitative estimate of drug-likeness (QED) is 0.860. The summed E-state index contributed by atoms with van der Waals surface area (Å²) in [5.74, 6) is 0. The number of nitrogens with one attached hydrogen (secondary N) is 2. The molecule has 0 atom stereocenters. The Morgan fingerprint density at radius 3 is 2.56 bits per heavy atom. The first-order chi connectivity index (χ1) is 13.2. The SMILES string of the molecule is CCc1ccccc1NC(=O)N1CCC2(C=C(c3ccccc3)NO2)CC1. The van der Waals surface area contributed by atoms with E-state index in [4.69, 9.17) is 4.84 Å². The smallest absolute Gasteiger partial charge is 0.321 e. The molecule has 5 nitrogen and oxygen atoms in total. The Balaban J connectivity index is 1.39. The second kappa shape index (κ2) is 7.45. The summed E-state index contributed by atoms with van der Waals surface area (Å²) in [4.78, 5) is 20.5. The number of urea groups is 1. The van der Waals surface area contributed by atoms with Crippen LogP contribution in [0, 0.1) is 0 Å². The van der Waals surface area contributed by atoms with Gasteiger partial charge in [-0.1, -0.05) is 55.5 Å². The van der Waals surface area contributed by atoms with Crippen LogP contribution < -0.4 is 10.8 Å². The zero-order valence-corrected chi connectivity index (χ0v) is 15.6. The Labute approximate surface area is 160 Å². The third-order valence-corrected chi connectivity index (χ3v) is 5.39. The third kappa shape index (κ3) is 3.69. The number of piperidine rings is 1. The molecule has 2 aromatic carbocycles. The second-order valence-electron chi connectivity index (χ2n) is 7.12. The number of anilines is 1. The molecule has 0 saturated carbocycles. The summed E-state index contributed by atoms with van der Waals surface area (Å²) >= 11 is 0. The molecule has 140 valence electrons. The minimum Gasteiger partial charge on any atom is -0.324 e. The molecule has 27 heavy (non-hydrogen) atoms. The molecule has 1 saturated heterocycles. The normalized spacial score (nSPS) is 18.1. The van der Waals surface area contributed by atoms with Crippen molar-refractivity contribution in [1.82, 2.24) is 10.4 Å². The van der Waals surface area contributed by atoms with E-state index in [1.54, 1.807) is 0 Å². The summed E-state index contributed by atoms with van der Waals surface area (Å²) in [5.41, 5.74) is 6.92. The maximum Gasteiger partial charge on any atom is 0.321 e. The fraction of sp³-hybridized carbons (Fsp3) is 0.318. The van der Waals surface area contributed by atoms with Gasteiger partial charge in [0, 0.05) is 31.6 Å². The Hall–Kier alpha value is -2.79. The average molecular weight is 363 g/mol. The summed E-state index contributed by atoms with van der Waals surface area (Å²) in [6.07, 6.45) is 4.62. The van der Waals surface area contributed by atoms with Gasteiger partial charge in [0.15, 0.2) is 0 Å². The topological polar surface area (TPSA) is 53.6 Å². The van der Waals surface area contributed by atoms with Crippen molar-refractivity contribution in [2.24, 2.45) is 0 Å². The number of likely N-dealkylation sites (tertiary alicyclic amines) is 1. The molecule has 2 aliphatic rings. The van der Waals surface area contributed by atoms with E-state index in [0.717, 1.165) is 41.8 Å². The highest BCUT2D eigenvalue weighted by Crippen LogP contribution is 2.34. The summed E-state index contributed by atoms with van der Waals surface area (Å²) < 4.78 is 0. The van der Waals surface area contributed by atoms with Gasteiger partial charge >= 0.3 is 6.03 Å². The summed E-state index contributed by atoms with van der Waals surface area (Å²) in [6.45, 7) is 3.43. The lowest BCUT2D eigenvalue weighted by atomic mass is 9.90. The number of hydrogen-bond donors (Lipinski definition) is 2. The molecule has 2 aliphatic heterocycles. The number of para-hydroxylation sites is 1. The molecule has 2 amide bonds. The third-order valence-electron chi connectivity index (χ3n) is 5.39. The van der Waals surface area contributed by atoms with Gasteiger partial charge in [-0.25, -0.2) is 4.79 Å². The molecule has 2 heterocycles. The van der Waals surface area contributed by atoms with Crippen LogP contribution in [0.3, 0.4) is 0 Å². The fourth-order valence-electron chi connectivity index (χ4n) is 3.72. The predicted octanol–water partition coefficient (Wildman–Crippen LogP) is 4.19. The van der Waals surface area contributed by atoms with E-state index in [1.165, 1.54) is 0 Å². The van der Waals surface area contributed by atoms with E-state index in [-0.39, 0.29) is 11.6 Å². The predicted molar refractivity (Wildman–Crippen MR) is 107 cm³/mol. The fourth-order valence-corrected chi connectivity index (χ4v) is 3.72. The number of benzene rings is 2. The minimum atomic E-state index is -0.330. The first-order valence-corrected chi connectivity index (χ1v) is 9.55. The molecule has 0 bridgehead atoms. The number of hydroxylamine groups is 1. The van der Waals surface area contributed by atoms with Gasteiger partial charge in [0.1, 0.15) is 5.60 Å². The molecule has 5 heteroatoms. The second-order valence-corrected chi connectivity index (χ2v) is 7.12. The van der Waals surface area contributed by atoms with Crippen LogP contribution in [-0.4, -0.2) is 29.6 Å². The molecule has 0 radical (unpaired) electrons. The van der Waals surface area contributed by atoms with E-state index < -0.39 is 0 Å². The van der Waals surface area contributed by atoms with Gasteiger partial charge in [0.05, 0.1) is 5.70 Å². The van der Waals surface area contributed by atoms with Gasteiger partial charge < -0.3 is 10.2 Å². The minimum absolute atomic E-state index is 0.0380. The zero-order valence-electron chi connectivity index (χ0n) is 15.6. The summed E-state index contributed by atoms with van der Waals surface area (Å²) in [5, 5.41) is 3.06. The molecule has 1 spiro atoms. The molecule has 0 unspecified atom stereocenters. The summed E-state index contributed by atoms with van der Waals surface area (Å²) in [7, 11) is 0. The van der Waals surface area contributed by atoms with Crippen LogP contribution in [-0.2, 0) is 11.3 Å². The van der Waals surface area contributed by atoms with E-state index in [2.05, 4.69) is 42.0 Å². The first kappa shape index (κ1) is 17.6. The highest BCUT2D eigenvalue weighted by atomic mass is 16.7. The number of carbonyl (C=O) groups excluding carboxylic acids is 1. The maximum atomic E-state index is 12.7. The number of aryl methyl sites for hydroxylation is 1. The summed E-state index contributed by atoms with van der Waals surface area (Å²) in [6, 6.07) is 18.1. The largest absolute Gasteiger partial charge is 0.324 e. The van der Waals surface area contributed by atoms with Gasteiger partial charge in [0.2, 0.25) is 0 Å². The zero-order chi connectivity index (χ0) is 18.7. The number of hydrogen-bond acceptors (Lipinski definition) is 3. The molecule has 0 aliphatic carbocycles. The molecule has 4 rings (SSSR count). The van der Waals surface area contributed by atoms with E-state index in [0.29, 0.717) is 13.1 Å². The van der Waals surface area contributed by atoms with Gasteiger partial charge in [-0.3, -0.25) is 10.3 Å². The molecular formula is C22H25N3O2. The highest BCUT2D eigenvalue weighted by Gasteiger charge is 2.39. The molecule has 2 aromatic rings. The molecule has 2 N–H and O–H groups in total. The molecule has 1 fully saturated rings. The van der Waals surface area contributed by atoms with Crippen molar-refractivity contribution in [3.8, 4) is 0 Å². The monoisotopic (exact) mass is 363 g/mol. The molecule has 0 aromatic heterocycles. The molecular weight excluding hydrogens is 338 g/mol. The van der Waals surface area contributed by atoms with Crippen LogP contribution in [0.25, 0.3) is 5.70 Å². The van der Waals surface area contributed by atoms with Crippen LogP contribution in [0.5, 0.6) is 0 Å². The number of nitrogens with zero attached hydrogens (tertiary/aromatic N) is 1. The van der Waals surface area contributed by atoms with Crippen molar-refractivity contribution < 1.29 is 9.63 Å². The van der Waals surface area contributed by atoms with E-state index >= 15 is 0 Å². The first-order valence-electron chi connectivity index (χ1n) is 9.55. The Morgan fingerprint density at radius 1 is 1.11 bits per heavy atom. The van der Waals surface area contributed by atoms with Crippen LogP contribution in [0.15, 0.2) is 60.7 Å². The number of amides is 2. The lowest BCUT2D eigenvalue weighted by Crippen LogP contribution is -2.48. The Morgan fingerprint density at radius 2 is 1.81 bits per heavy atom. The van der Waals surface area contributed by atoms with Crippen molar-refractivity contribution in [1.29, 1.82) is 0 Å².